The Morgan fingerprint density at radius 2 is 1.54 bits per heavy atom. The van der Waals surface area contributed by atoms with Gasteiger partial charge in [0.25, 0.3) is 5.91 Å². The van der Waals surface area contributed by atoms with Gasteiger partial charge in [0.05, 0.1) is 6.10 Å². The van der Waals surface area contributed by atoms with E-state index in [9.17, 15) is 14.7 Å². The van der Waals surface area contributed by atoms with Gasteiger partial charge >= 0.3 is 5.97 Å². The van der Waals surface area contributed by atoms with Gasteiger partial charge in [-0.05, 0) is 85.8 Å². The van der Waals surface area contributed by atoms with E-state index in [1.54, 1.807) is 0 Å². The molecule has 37 heavy (non-hydrogen) atoms. The fourth-order valence-corrected chi connectivity index (χ4v) is 4.83. The lowest BCUT2D eigenvalue weighted by Crippen LogP contribution is -2.40. The average molecular weight is 512 g/mol. The summed E-state index contributed by atoms with van der Waals surface area (Å²) >= 11 is 0. The molecule has 0 saturated carbocycles. The standard InChI is InChI=1S/C31H45NO5/c1-9-31(10-2,24-13-11-23(20(3)17-24)12-16-27(33)30(6,7)8)25-14-15-26(21(4)18-25)37-19-28(34)32-22(5)29(35)36/h11,13-15,17-18,22,27,33H,9-10,12,16,19H2,1-8H3,(H,32,34)(H,35,36)/t22-,27?/m0/s1. The first-order valence-electron chi connectivity index (χ1n) is 13.3. The molecule has 1 amide bonds. The Balaban J connectivity index is 2.24. The van der Waals surface area contributed by atoms with E-state index in [0.717, 1.165) is 31.2 Å². The van der Waals surface area contributed by atoms with Crippen molar-refractivity contribution in [2.24, 2.45) is 5.41 Å². The Hall–Kier alpha value is -2.86. The molecule has 0 aliphatic carbocycles. The van der Waals surface area contributed by atoms with Gasteiger partial charge in [0.1, 0.15) is 11.8 Å². The van der Waals surface area contributed by atoms with Crippen molar-refractivity contribution >= 4 is 11.9 Å². The summed E-state index contributed by atoms with van der Waals surface area (Å²) in [4.78, 5) is 23.0. The third-order valence-electron chi connectivity index (χ3n) is 7.62. The van der Waals surface area contributed by atoms with Crippen LogP contribution < -0.4 is 10.1 Å². The molecule has 0 spiro atoms. The molecular formula is C31H45NO5. The van der Waals surface area contributed by atoms with Gasteiger partial charge < -0.3 is 20.3 Å². The van der Waals surface area contributed by atoms with Gasteiger partial charge in [-0.25, -0.2) is 0 Å². The number of carbonyl (C=O) groups is 2. The number of benzene rings is 2. The number of aryl methyl sites for hydroxylation is 3. The van der Waals surface area contributed by atoms with Crippen molar-refractivity contribution in [3.63, 3.8) is 0 Å². The van der Waals surface area contributed by atoms with E-state index < -0.39 is 17.9 Å². The monoisotopic (exact) mass is 511 g/mol. The number of ether oxygens (including phenoxy) is 1. The Morgan fingerprint density at radius 3 is 2.03 bits per heavy atom. The molecule has 2 atom stereocenters. The fraction of sp³-hybridized carbons (Fsp3) is 0.548. The zero-order valence-corrected chi connectivity index (χ0v) is 23.8. The summed E-state index contributed by atoms with van der Waals surface area (Å²) < 4.78 is 5.70. The normalized spacial score (nSPS) is 13.6. The van der Waals surface area contributed by atoms with Crippen molar-refractivity contribution < 1.29 is 24.5 Å². The second kappa shape index (κ2) is 12.6. The van der Waals surface area contributed by atoms with Crippen LogP contribution in [0.25, 0.3) is 0 Å². The molecule has 0 aliphatic rings. The van der Waals surface area contributed by atoms with Crippen molar-refractivity contribution in [3.05, 3.63) is 64.2 Å². The lowest BCUT2D eigenvalue weighted by molar-refractivity contribution is -0.141. The van der Waals surface area contributed by atoms with Crippen molar-refractivity contribution in [2.45, 2.75) is 98.6 Å². The van der Waals surface area contributed by atoms with Crippen molar-refractivity contribution in [1.29, 1.82) is 0 Å². The number of aliphatic hydroxyl groups excluding tert-OH is 1. The number of carboxylic acids is 1. The maximum Gasteiger partial charge on any atom is 0.325 e. The highest BCUT2D eigenvalue weighted by Crippen LogP contribution is 2.41. The van der Waals surface area contributed by atoms with E-state index in [2.05, 4.69) is 77.2 Å². The average Bonchev–Trinajstić information content (AvgIpc) is 2.83. The van der Waals surface area contributed by atoms with Crippen LogP contribution in [0.1, 0.15) is 88.6 Å². The summed E-state index contributed by atoms with van der Waals surface area (Å²) in [5.74, 6) is -0.956. The first kappa shape index (κ1) is 30.4. The van der Waals surface area contributed by atoms with Crippen LogP contribution in [0.4, 0.5) is 0 Å². The molecule has 2 rings (SSSR count). The maximum absolute atomic E-state index is 12.0. The number of hydrogen-bond donors (Lipinski definition) is 3. The van der Waals surface area contributed by atoms with E-state index in [1.807, 2.05) is 13.0 Å². The lowest BCUT2D eigenvalue weighted by Gasteiger charge is -2.34. The number of carbonyl (C=O) groups excluding carboxylic acids is 1. The van der Waals surface area contributed by atoms with E-state index >= 15 is 0 Å². The van der Waals surface area contributed by atoms with Gasteiger partial charge in [-0.2, -0.15) is 0 Å². The molecule has 0 fully saturated rings. The van der Waals surface area contributed by atoms with Gasteiger partial charge in [0.15, 0.2) is 6.61 Å². The number of aliphatic hydroxyl groups is 1. The van der Waals surface area contributed by atoms with Crippen LogP contribution in [-0.4, -0.2) is 40.8 Å². The highest BCUT2D eigenvalue weighted by Gasteiger charge is 2.31. The van der Waals surface area contributed by atoms with E-state index in [1.165, 1.54) is 29.2 Å². The number of hydrogen-bond acceptors (Lipinski definition) is 4. The summed E-state index contributed by atoms with van der Waals surface area (Å²) in [5.41, 5.74) is 5.61. The van der Waals surface area contributed by atoms with Crippen LogP contribution in [0.3, 0.4) is 0 Å². The maximum atomic E-state index is 12.0. The smallest absolute Gasteiger partial charge is 0.325 e. The number of carboxylic acid groups (broad SMARTS) is 1. The Kier molecular flexibility index (Phi) is 10.3. The third kappa shape index (κ3) is 7.57. The minimum absolute atomic E-state index is 0.123. The second-order valence-electron chi connectivity index (χ2n) is 11.2. The summed E-state index contributed by atoms with van der Waals surface area (Å²) in [6.45, 7) is 15.9. The molecule has 6 nitrogen and oxygen atoms in total. The zero-order valence-electron chi connectivity index (χ0n) is 23.8. The molecule has 204 valence electrons. The third-order valence-corrected chi connectivity index (χ3v) is 7.62. The van der Waals surface area contributed by atoms with Gasteiger partial charge in [-0.3, -0.25) is 9.59 Å². The number of amides is 1. The predicted molar refractivity (Wildman–Crippen MR) is 148 cm³/mol. The summed E-state index contributed by atoms with van der Waals surface area (Å²) in [6.07, 6.45) is 3.11. The minimum atomic E-state index is -1.09. The van der Waals surface area contributed by atoms with Crippen LogP contribution in [0.2, 0.25) is 0 Å². The SMILES string of the molecule is CCC(CC)(c1ccc(CCC(O)C(C)(C)C)c(C)c1)c1ccc(OCC(=O)N[C@@H](C)C(=O)O)c(C)c1. The Morgan fingerprint density at radius 1 is 0.973 bits per heavy atom. The molecule has 0 aromatic heterocycles. The molecule has 2 aromatic carbocycles. The van der Waals surface area contributed by atoms with E-state index in [0.29, 0.717) is 5.75 Å². The van der Waals surface area contributed by atoms with Gasteiger partial charge in [-0.1, -0.05) is 65.0 Å². The summed E-state index contributed by atoms with van der Waals surface area (Å²) in [7, 11) is 0. The fourth-order valence-electron chi connectivity index (χ4n) is 4.83. The van der Waals surface area contributed by atoms with Crippen molar-refractivity contribution in [3.8, 4) is 5.75 Å². The zero-order chi connectivity index (χ0) is 28.0. The van der Waals surface area contributed by atoms with E-state index in [-0.39, 0.29) is 23.5 Å². The van der Waals surface area contributed by atoms with Crippen molar-refractivity contribution in [2.75, 3.05) is 6.61 Å². The summed E-state index contributed by atoms with van der Waals surface area (Å²) in [5, 5.41) is 21.8. The topological polar surface area (TPSA) is 95.9 Å². The molecule has 1 unspecified atom stereocenters. The molecular weight excluding hydrogens is 466 g/mol. The van der Waals surface area contributed by atoms with Crippen LogP contribution in [0, 0.1) is 19.3 Å². The molecule has 0 heterocycles. The summed E-state index contributed by atoms with van der Waals surface area (Å²) in [6, 6.07) is 11.9. The molecule has 2 aromatic rings. The Bertz CT molecular complexity index is 1080. The predicted octanol–water partition coefficient (Wildman–Crippen LogP) is 5.72. The lowest BCUT2D eigenvalue weighted by atomic mass is 9.69. The number of aliphatic carboxylic acids is 1. The molecule has 6 heteroatoms. The first-order chi connectivity index (χ1) is 17.2. The van der Waals surface area contributed by atoms with Gasteiger partial charge in [0.2, 0.25) is 0 Å². The molecule has 3 N–H and O–H groups in total. The molecule has 0 radical (unpaired) electrons. The van der Waals surface area contributed by atoms with Crippen LogP contribution in [0.5, 0.6) is 5.75 Å². The first-order valence-corrected chi connectivity index (χ1v) is 13.3. The molecule has 0 bridgehead atoms. The second-order valence-corrected chi connectivity index (χ2v) is 11.2. The van der Waals surface area contributed by atoms with Gasteiger partial charge in [-0.15, -0.1) is 0 Å². The minimum Gasteiger partial charge on any atom is -0.484 e. The van der Waals surface area contributed by atoms with E-state index in [4.69, 9.17) is 9.84 Å². The van der Waals surface area contributed by atoms with Gasteiger partial charge in [0, 0.05) is 5.41 Å². The molecule has 0 aliphatic heterocycles. The highest BCUT2D eigenvalue weighted by molar-refractivity contribution is 5.84. The van der Waals surface area contributed by atoms with Crippen molar-refractivity contribution in [1.82, 2.24) is 5.32 Å². The quantitative estimate of drug-likeness (QED) is 0.339. The van der Waals surface area contributed by atoms with Crippen LogP contribution >= 0.6 is 0 Å². The largest absolute Gasteiger partial charge is 0.484 e. The number of rotatable bonds is 12. The molecule has 0 saturated heterocycles. The van der Waals surface area contributed by atoms with Crippen LogP contribution in [0.15, 0.2) is 36.4 Å². The Labute approximate surface area is 222 Å². The number of nitrogens with one attached hydrogen (secondary N) is 1. The highest BCUT2D eigenvalue weighted by atomic mass is 16.5. The van der Waals surface area contributed by atoms with Crippen LogP contribution in [-0.2, 0) is 21.4 Å².